The minimum atomic E-state index is -2.91. The Morgan fingerprint density at radius 1 is 1.27 bits per heavy atom. The highest BCUT2D eigenvalue weighted by Gasteiger charge is 2.18. The molecule has 1 fully saturated rings. The predicted molar refractivity (Wildman–Crippen MR) is 125 cm³/mol. The van der Waals surface area contributed by atoms with Crippen LogP contribution in [-0.2, 0) is 11.3 Å². The smallest absolute Gasteiger partial charge is 0.387 e. The Balaban J connectivity index is 0.00000450. The first-order valence-electron chi connectivity index (χ1n) is 9.62. The SMILES string of the molecule is CCNC(=NCc1cc(Cl)ccc1OC(F)F)NCCN1CCN(C(C)=O)CC1.I. The standard InChI is InChI=1S/C19H28ClF2N5O2.HI/c1-3-23-19(24-6-7-26-8-10-27(11-9-26)14(2)28)25-13-15-12-16(20)4-5-17(15)29-18(21)22;/h4-5,12,18H,3,6-11,13H2,1-2H3,(H2,23,24,25);1H. The van der Waals surface area contributed by atoms with Gasteiger partial charge >= 0.3 is 6.61 Å². The number of nitrogens with one attached hydrogen (secondary N) is 2. The zero-order valence-electron chi connectivity index (χ0n) is 17.2. The van der Waals surface area contributed by atoms with Gasteiger partial charge in [-0.3, -0.25) is 9.69 Å². The Morgan fingerprint density at radius 2 is 1.97 bits per heavy atom. The molecule has 1 aromatic carbocycles. The number of carbonyl (C=O) groups excluding carboxylic acids is 1. The first-order chi connectivity index (χ1) is 13.9. The molecule has 1 aliphatic heterocycles. The van der Waals surface area contributed by atoms with Crippen LogP contribution in [0.5, 0.6) is 5.75 Å². The molecule has 0 aliphatic carbocycles. The number of aliphatic imine (C=N–C) groups is 1. The first-order valence-corrected chi connectivity index (χ1v) is 10.00. The van der Waals surface area contributed by atoms with Gasteiger partial charge in [0.05, 0.1) is 6.54 Å². The molecular weight excluding hydrogens is 531 g/mol. The van der Waals surface area contributed by atoms with Crippen LogP contribution >= 0.6 is 35.6 Å². The van der Waals surface area contributed by atoms with Gasteiger partial charge in [-0.15, -0.1) is 24.0 Å². The Morgan fingerprint density at radius 3 is 2.57 bits per heavy atom. The van der Waals surface area contributed by atoms with E-state index in [0.717, 1.165) is 32.7 Å². The number of rotatable bonds is 8. The van der Waals surface area contributed by atoms with E-state index in [1.54, 1.807) is 13.0 Å². The highest BCUT2D eigenvalue weighted by Crippen LogP contribution is 2.25. The summed E-state index contributed by atoms with van der Waals surface area (Å²) in [6.45, 7) is 6.09. The van der Waals surface area contributed by atoms with E-state index in [1.165, 1.54) is 12.1 Å². The van der Waals surface area contributed by atoms with Gasteiger partial charge in [0, 0.05) is 63.3 Å². The van der Waals surface area contributed by atoms with E-state index in [1.807, 2.05) is 11.8 Å². The van der Waals surface area contributed by atoms with Crippen molar-refractivity contribution in [3.63, 3.8) is 0 Å². The van der Waals surface area contributed by atoms with E-state index in [2.05, 4.69) is 25.3 Å². The number of ether oxygens (including phenoxy) is 1. The summed E-state index contributed by atoms with van der Waals surface area (Å²) in [4.78, 5) is 20.0. The molecule has 1 heterocycles. The number of guanidine groups is 1. The largest absolute Gasteiger partial charge is 0.434 e. The molecule has 0 radical (unpaired) electrons. The molecule has 0 saturated carbocycles. The predicted octanol–water partition coefficient (Wildman–Crippen LogP) is 2.78. The van der Waals surface area contributed by atoms with Crippen molar-refractivity contribution >= 4 is 47.4 Å². The van der Waals surface area contributed by atoms with Gasteiger partial charge in [0.2, 0.25) is 5.91 Å². The van der Waals surface area contributed by atoms with Gasteiger partial charge in [0.1, 0.15) is 5.75 Å². The lowest BCUT2D eigenvalue weighted by Crippen LogP contribution is -2.50. The Kier molecular flexibility index (Phi) is 12.3. The lowest BCUT2D eigenvalue weighted by atomic mass is 10.2. The second kappa shape index (κ2) is 13.8. The fraction of sp³-hybridized carbons (Fsp3) is 0.579. The van der Waals surface area contributed by atoms with Gasteiger partial charge in [-0.05, 0) is 25.1 Å². The van der Waals surface area contributed by atoms with E-state index in [-0.39, 0.29) is 42.2 Å². The van der Waals surface area contributed by atoms with E-state index in [0.29, 0.717) is 29.6 Å². The van der Waals surface area contributed by atoms with Crippen LogP contribution in [0.2, 0.25) is 5.02 Å². The minimum absolute atomic E-state index is 0. The molecule has 7 nitrogen and oxygen atoms in total. The highest BCUT2D eigenvalue weighted by atomic mass is 127. The van der Waals surface area contributed by atoms with Gasteiger partial charge in [0.25, 0.3) is 0 Å². The molecule has 11 heteroatoms. The molecule has 2 N–H and O–H groups in total. The number of carbonyl (C=O) groups is 1. The first kappa shape index (κ1) is 26.6. The quantitative estimate of drug-likeness (QED) is 0.291. The van der Waals surface area contributed by atoms with Gasteiger partial charge in [-0.2, -0.15) is 8.78 Å². The summed E-state index contributed by atoms with van der Waals surface area (Å²) < 4.78 is 29.7. The number of halogens is 4. The summed E-state index contributed by atoms with van der Waals surface area (Å²) in [5.74, 6) is 0.755. The van der Waals surface area contributed by atoms with Gasteiger partial charge in [-0.25, -0.2) is 4.99 Å². The van der Waals surface area contributed by atoms with Crippen molar-refractivity contribution in [2.24, 2.45) is 4.99 Å². The molecule has 0 spiro atoms. The number of nitrogens with zero attached hydrogens (tertiary/aromatic N) is 3. The number of benzene rings is 1. The summed E-state index contributed by atoms with van der Waals surface area (Å²) in [6, 6.07) is 4.49. The number of alkyl halides is 2. The lowest BCUT2D eigenvalue weighted by Gasteiger charge is -2.34. The molecule has 0 aromatic heterocycles. The van der Waals surface area contributed by atoms with Crippen LogP contribution in [0.15, 0.2) is 23.2 Å². The minimum Gasteiger partial charge on any atom is -0.434 e. The molecule has 30 heavy (non-hydrogen) atoms. The number of amides is 1. The van der Waals surface area contributed by atoms with Gasteiger partial charge in [0.15, 0.2) is 5.96 Å². The van der Waals surface area contributed by atoms with Crippen molar-refractivity contribution in [1.82, 2.24) is 20.4 Å². The molecule has 1 aliphatic rings. The van der Waals surface area contributed by atoms with Crippen molar-refractivity contribution in [1.29, 1.82) is 0 Å². The van der Waals surface area contributed by atoms with Crippen LogP contribution in [0.4, 0.5) is 8.78 Å². The normalized spacial score (nSPS) is 15.0. The van der Waals surface area contributed by atoms with Crippen LogP contribution in [0.25, 0.3) is 0 Å². The van der Waals surface area contributed by atoms with E-state index >= 15 is 0 Å². The summed E-state index contributed by atoms with van der Waals surface area (Å²) in [6.07, 6.45) is 0. The number of hydrogen-bond acceptors (Lipinski definition) is 4. The van der Waals surface area contributed by atoms with Crippen molar-refractivity contribution < 1.29 is 18.3 Å². The summed E-state index contributed by atoms with van der Waals surface area (Å²) in [7, 11) is 0. The van der Waals surface area contributed by atoms with Crippen LogP contribution in [-0.4, -0.2) is 74.1 Å². The summed E-state index contributed by atoms with van der Waals surface area (Å²) in [5.41, 5.74) is 0.482. The zero-order chi connectivity index (χ0) is 21.2. The van der Waals surface area contributed by atoms with Crippen LogP contribution < -0.4 is 15.4 Å². The maximum absolute atomic E-state index is 12.6. The zero-order valence-corrected chi connectivity index (χ0v) is 20.3. The lowest BCUT2D eigenvalue weighted by molar-refractivity contribution is -0.130. The van der Waals surface area contributed by atoms with Crippen molar-refractivity contribution in [3.8, 4) is 5.75 Å². The average Bonchev–Trinajstić information content (AvgIpc) is 2.68. The van der Waals surface area contributed by atoms with E-state index in [4.69, 9.17) is 11.6 Å². The molecule has 0 bridgehead atoms. The Labute approximate surface area is 198 Å². The van der Waals surface area contributed by atoms with Crippen LogP contribution in [0.1, 0.15) is 19.4 Å². The summed E-state index contributed by atoms with van der Waals surface area (Å²) >= 11 is 5.98. The highest BCUT2D eigenvalue weighted by molar-refractivity contribution is 14.0. The fourth-order valence-corrected chi connectivity index (χ4v) is 3.20. The van der Waals surface area contributed by atoms with E-state index < -0.39 is 6.61 Å². The van der Waals surface area contributed by atoms with Gasteiger partial charge in [-0.1, -0.05) is 11.6 Å². The molecule has 1 saturated heterocycles. The average molecular weight is 560 g/mol. The Hall–Kier alpha value is -1.40. The second-order valence-electron chi connectivity index (χ2n) is 6.60. The molecule has 0 unspecified atom stereocenters. The molecule has 1 amide bonds. The monoisotopic (exact) mass is 559 g/mol. The molecule has 1 aromatic rings. The molecule has 170 valence electrons. The molecule has 2 rings (SSSR count). The van der Waals surface area contributed by atoms with Crippen molar-refractivity contribution in [2.75, 3.05) is 45.8 Å². The van der Waals surface area contributed by atoms with Crippen LogP contribution in [0, 0.1) is 0 Å². The maximum atomic E-state index is 12.6. The topological polar surface area (TPSA) is 69.2 Å². The van der Waals surface area contributed by atoms with Crippen molar-refractivity contribution in [2.45, 2.75) is 27.0 Å². The number of piperazine rings is 1. The van der Waals surface area contributed by atoms with Crippen molar-refractivity contribution in [3.05, 3.63) is 28.8 Å². The third kappa shape index (κ3) is 9.17. The molecular formula is C19H29ClF2IN5O2. The van der Waals surface area contributed by atoms with E-state index in [9.17, 15) is 13.6 Å². The molecule has 0 atom stereocenters. The fourth-order valence-electron chi connectivity index (χ4n) is 3.01. The van der Waals surface area contributed by atoms with Crippen LogP contribution in [0.3, 0.4) is 0 Å². The Bertz CT molecular complexity index is 704. The third-order valence-electron chi connectivity index (χ3n) is 4.53. The maximum Gasteiger partial charge on any atom is 0.387 e. The summed E-state index contributed by atoms with van der Waals surface area (Å²) in [5, 5.41) is 6.80. The second-order valence-corrected chi connectivity index (χ2v) is 7.04. The van der Waals surface area contributed by atoms with Gasteiger partial charge < -0.3 is 20.3 Å². The third-order valence-corrected chi connectivity index (χ3v) is 4.76. The number of hydrogen-bond donors (Lipinski definition) is 2.